The van der Waals surface area contributed by atoms with Gasteiger partial charge in [-0.1, -0.05) is 32.9 Å². The second-order valence-electron chi connectivity index (χ2n) is 7.29. The Kier molecular flexibility index (Phi) is 7.03. The lowest BCUT2D eigenvalue weighted by atomic mass is 9.87. The van der Waals surface area contributed by atoms with Crippen molar-refractivity contribution in [3.05, 3.63) is 29.8 Å². The summed E-state index contributed by atoms with van der Waals surface area (Å²) in [4.78, 5) is 13.8. The van der Waals surface area contributed by atoms with E-state index in [2.05, 4.69) is 20.8 Å². The molecule has 1 amide bonds. The van der Waals surface area contributed by atoms with Gasteiger partial charge in [0.2, 0.25) is 15.9 Å². The molecule has 1 saturated heterocycles. The van der Waals surface area contributed by atoms with E-state index in [0.29, 0.717) is 31.1 Å². The monoisotopic (exact) mass is 389 g/mol. The van der Waals surface area contributed by atoms with Crippen molar-refractivity contribution in [3.63, 3.8) is 0 Å². The van der Waals surface area contributed by atoms with Crippen molar-refractivity contribution in [1.29, 1.82) is 0 Å². The highest BCUT2D eigenvalue weighted by Crippen LogP contribution is 2.25. The molecular formula is C17H28ClN3O3S. The number of nitrogens with zero attached hydrogens (tertiary/aromatic N) is 2. The molecule has 142 valence electrons. The SMILES string of the molecule is C[C@@H](N)C(=O)N1CCN(S(=O)(=O)c2ccc(C(C)(C)C)cc2)CC1.Cl. The lowest BCUT2D eigenvalue weighted by Gasteiger charge is -2.34. The van der Waals surface area contributed by atoms with Crippen molar-refractivity contribution >= 4 is 28.3 Å². The van der Waals surface area contributed by atoms with Gasteiger partial charge in [0.15, 0.2) is 0 Å². The topological polar surface area (TPSA) is 83.7 Å². The number of carbonyl (C=O) groups is 1. The Balaban J connectivity index is 0.00000312. The number of hydrogen-bond donors (Lipinski definition) is 1. The molecule has 0 unspecified atom stereocenters. The first-order valence-corrected chi connectivity index (χ1v) is 9.62. The predicted molar refractivity (Wildman–Crippen MR) is 101 cm³/mol. The molecule has 1 aliphatic rings. The molecule has 0 aliphatic carbocycles. The van der Waals surface area contributed by atoms with E-state index in [0.717, 1.165) is 5.56 Å². The molecule has 1 heterocycles. The Morgan fingerprint density at radius 1 is 1.08 bits per heavy atom. The van der Waals surface area contributed by atoms with Crippen LogP contribution in [0.3, 0.4) is 0 Å². The molecule has 0 radical (unpaired) electrons. The molecular weight excluding hydrogens is 362 g/mol. The van der Waals surface area contributed by atoms with Crippen molar-refractivity contribution in [2.75, 3.05) is 26.2 Å². The summed E-state index contributed by atoms with van der Waals surface area (Å²) in [6.45, 7) is 9.24. The molecule has 2 N–H and O–H groups in total. The van der Waals surface area contributed by atoms with E-state index < -0.39 is 16.1 Å². The summed E-state index contributed by atoms with van der Waals surface area (Å²) in [6.07, 6.45) is 0. The molecule has 6 nitrogen and oxygen atoms in total. The van der Waals surface area contributed by atoms with Gasteiger partial charge in [-0.2, -0.15) is 4.31 Å². The fraction of sp³-hybridized carbons (Fsp3) is 0.588. The van der Waals surface area contributed by atoms with Gasteiger partial charge in [0.05, 0.1) is 10.9 Å². The van der Waals surface area contributed by atoms with Gasteiger partial charge in [-0.3, -0.25) is 4.79 Å². The van der Waals surface area contributed by atoms with Crippen LogP contribution in [0.25, 0.3) is 0 Å². The number of rotatable bonds is 3. The number of sulfonamides is 1. The maximum Gasteiger partial charge on any atom is 0.243 e. The summed E-state index contributed by atoms with van der Waals surface area (Å²) in [7, 11) is -3.53. The van der Waals surface area contributed by atoms with Gasteiger partial charge < -0.3 is 10.6 Å². The van der Waals surface area contributed by atoms with Crippen molar-refractivity contribution in [2.24, 2.45) is 5.73 Å². The Morgan fingerprint density at radius 3 is 1.96 bits per heavy atom. The quantitative estimate of drug-likeness (QED) is 0.850. The summed E-state index contributed by atoms with van der Waals surface area (Å²) < 4.78 is 26.9. The second kappa shape index (κ2) is 8.03. The summed E-state index contributed by atoms with van der Waals surface area (Å²) >= 11 is 0. The summed E-state index contributed by atoms with van der Waals surface area (Å²) in [5.74, 6) is -0.137. The highest BCUT2D eigenvalue weighted by molar-refractivity contribution is 7.89. The Hall–Kier alpha value is -1.15. The molecule has 8 heteroatoms. The van der Waals surface area contributed by atoms with E-state index in [-0.39, 0.29) is 23.7 Å². The fourth-order valence-corrected chi connectivity index (χ4v) is 4.13. The van der Waals surface area contributed by atoms with Gasteiger partial charge in [0, 0.05) is 26.2 Å². The van der Waals surface area contributed by atoms with Gasteiger partial charge in [0.1, 0.15) is 0 Å². The first-order chi connectivity index (χ1) is 11.0. The number of hydrogen-bond acceptors (Lipinski definition) is 4. The minimum Gasteiger partial charge on any atom is -0.339 e. The third kappa shape index (κ3) is 4.94. The summed E-state index contributed by atoms with van der Waals surface area (Å²) in [6, 6.07) is 6.49. The number of halogens is 1. The Morgan fingerprint density at radius 2 is 1.56 bits per heavy atom. The molecule has 1 atom stereocenters. The zero-order chi connectivity index (χ0) is 18.1. The van der Waals surface area contributed by atoms with E-state index in [4.69, 9.17) is 5.73 Å². The summed E-state index contributed by atoms with van der Waals surface area (Å²) in [5, 5.41) is 0. The van der Waals surface area contributed by atoms with Gasteiger partial charge >= 0.3 is 0 Å². The van der Waals surface area contributed by atoms with E-state index in [1.807, 2.05) is 12.1 Å². The van der Waals surface area contributed by atoms with Gasteiger partial charge in [-0.25, -0.2) is 8.42 Å². The average molecular weight is 390 g/mol. The van der Waals surface area contributed by atoms with Crippen molar-refractivity contribution in [3.8, 4) is 0 Å². The van der Waals surface area contributed by atoms with Gasteiger partial charge in [0.25, 0.3) is 0 Å². The Bertz CT molecular complexity index is 689. The van der Waals surface area contributed by atoms with Crippen LogP contribution in [0, 0.1) is 0 Å². The summed E-state index contributed by atoms with van der Waals surface area (Å²) in [5.41, 5.74) is 6.68. The molecule has 0 spiro atoms. The first-order valence-electron chi connectivity index (χ1n) is 8.18. The normalized spacial score (nSPS) is 17.7. The van der Waals surface area contributed by atoms with Gasteiger partial charge in [-0.15, -0.1) is 12.4 Å². The number of piperazine rings is 1. The van der Waals surface area contributed by atoms with Crippen LogP contribution in [-0.4, -0.2) is 55.8 Å². The van der Waals surface area contributed by atoms with Crippen LogP contribution in [0.1, 0.15) is 33.3 Å². The Labute approximate surface area is 156 Å². The molecule has 0 aromatic heterocycles. The van der Waals surface area contributed by atoms with Crippen LogP contribution in [-0.2, 0) is 20.2 Å². The van der Waals surface area contributed by atoms with Crippen LogP contribution in [0.5, 0.6) is 0 Å². The third-order valence-corrected chi connectivity index (χ3v) is 6.21. The predicted octanol–water partition coefficient (Wildman–Crippen LogP) is 1.59. The minimum atomic E-state index is -3.53. The smallest absolute Gasteiger partial charge is 0.243 e. The largest absolute Gasteiger partial charge is 0.339 e. The van der Waals surface area contributed by atoms with Crippen molar-refractivity contribution in [2.45, 2.75) is 44.0 Å². The number of amides is 1. The molecule has 1 aromatic rings. The van der Waals surface area contributed by atoms with Crippen molar-refractivity contribution in [1.82, 2.24) is 9.21 Å². The van der Waals surface area contributed by atoms with E-state index in [9.17, 15) is 13.2 Å². The standard InChI is InChI=1S/C17H27N3O3S.ClH/c1-13(18)16(21)19-9-11-20(12-10-19)24(22,23)15-7-5-14(6-8-15)17(2,3)4;/h5-8,13H,9-12,18H2,1-4H3;1H/t13-;/m1./s1. The fourth-order valence-electron chi connectivity index (χ4n) is 2.71. The van der Waals surface area contributed by atoms with E-state index in [1.165, 1.54) is 4.31 Å². The molecule has 0 saturated carbocycles. The van der Waals surface area contributed by atoms with E-state index in [1.54, 1.807) is 24.0 Å². The van der Waals surface area contributed by atoms with Crippen LogP contribution in [0.15, 0.2) is 29.2 Å². The van der Waals surface area contributed by atoms with Crippen LogP contribution in [0.2, 0.25) is 0 Å². The number of benzene rings is 1. The minimum absolute atomic E-state index is 0. The van der Waals surface area contributed by atoms with Crippen LogP contribution in [0.4, 0.5) is 0 Å². The molecule has 25 heavy (non-hydrogen) atoms. The third-order valence-electron chi connectivity index (χ3n) is 4.30. The zero-order valence-electron chi connectivity index (χ0n) is 15.2. The maximum absolute atomic E-state index is 12.8. The maximum atomic E-state index is 12.8. The molecule has 2 rings (SSSR count). The molecule has 1 aliphatic heterocycles. The highest BCUT2D eigenvalue weighted by atomic mass is 35.5. The van der Waals surface area contributed by atoms with Gasteiger partial charge in [-0.05, 0) is 30.0 Å². The number of carbonyl (C=O) groups excluding carboxylic acids is 1. The van der Waals surface area contributed by atoms with Crippen LogP contribution >= 0.6 is 12.4 Å². The first kappa shape index (κ1) is 21.9. The lowest BCUT2D eigenvalue weighted by molar-refractivity contribution is -0.133. The number of nitrogens with two attached hydrogens (primary N) is 1. The zero-order valence-corrected chi connectivity index (χ0v) is 16.9. The highest BCUT2D eigenvalue weighted by Gasteiger charge is 2.31. The van der Waals surface area contributed by atoms with Crippen molar-refractivity contribution < 1.29 is 13.2 Å². The average Bonchev–Trinajstić information content (AvgIpc) is 2.53. The second-order valence-corrected chi connectivity index (χ2v) is 9.23. The van der Waals surface area contributed by atoms with E-state index >= 15 is 0 Å². The molecule has 0 bridgehead atoms. The molecule has 1 aromatic carbocycles. The lowest BCUT2D eigenvalue weighted by Crippen LogP contribution is -2.53. The van der Waals surface area contributed by atoms with Crippen LogP contribution < -0.4 is 5.73 Å². The molecule has 1 fully saturated rings.